The van der Waals surface area contributed by atoms with Crippen molar-refractivity contribution in [2.75, 3.05) is 26.8 Å². The van der Waals surface area contributed by atoms with Crippen molar-refractivity contribution in [2.24, 2.45) is 4.99 Å². The van der Waals surface area contributed by atoms with Crippen LogP contribution < -0.4 is 10.6 Å². The SMILES string of the molecule is CCc1nncn1CCNC(=NCCOC)NC(C)c1ccc(C)o1.I. The molecule has 26 heavy (non-hydrogen) atoms. The first-order valence-electron chi connectivity index (χ1n) is 8.60. The van der Waals surface area contributed by atoms with E-state index in [1.807, 2.05) is 30.5 Å². The minimum Gasteiger partial charge on any atom is -0.464 e. The molecule has 0 aromatic carbocycles. The first-order chi connectivity index (χ1) is 12.1. The van der Waals surface area contributed by atoms with E-state index in [4.69, 9.17) is 9.15 Å². The Morgan fingerprint density at radius 3 is 2.88 bits per heavy atom. The Bertz CT molecular complexity index is 670. The largest absolute Gasteiger partial charge is 0.464 e. The molecule has 2 heterocycles. The maximum Gasteiger partial charge on any atom is 0.191 e. The lowest BCUT2D eigenvalue weighted by molar-refractivity contribution is 0.208. The van der Waals surface area contributed by atoms with Crippen LogP contribution in [0.4, 0.5) is 0 Å². The number of ether oxygens (including phenoxy) is 1. The number of halogens is 1. The molecule has 2 aromatic heterocycles. The second-order valence-electron chi connectivity index (χ2n) is 5.76. The van der Waals surface area contributed by atoms with Crippen LogP contribution in [0.25, 0.3) is 0 Å². The molecule has 8 nitrogen and oxygen atoms in total. The molecule has 2 rings (SSSR count). The highest BCUT2D eigenvalue weighted by Gasteiger charge is 2.11. The summed E-state index contributed by atoms with van der Waals surface area (Å²) in [6.45, 7) is 8.70. The van der Waals surface area contributed by atoms with E-state index in [0.29, 0.717) is 19.7 Å². The van der Waals surface area contributed by atoms with Crippen molar-refractivity contribution in [3.05, 3.63) is 35.8 Å². The Morgan fingerprint density at radius 1 is 1.42 bits per heavy atom. The van der Waals surface area contributed by atoms with E-state index in [2.05, 4.69) is 32.7 Å². The molecule has 0 amide bonds. The van der Waals surface area contributed by atoms with Gasteiger partial charge in [-0.15, -0.1) is 34.2 Å². The summed E-state index contributed by atoms with van der Waals surface area (Å²) in [5, 5.41) is 14.8. The molecule has 2 aromatic rings. The van der Waals surface area contributed by atoms with E-state index in [9.17, 15) is 0 Å². The maximum atomic E-state index is 5.67. The van der Waals surface area contributed by atoms with E-state index >= 15 is 0 Å². The summed E-state index contributed by atoms with van der Waals surface area (Å²) in [4.78, 5) is 4.53. The molecule has 0 radical (unpaired) electrons. The molecule has 0 bridgehead atoms. The van der Waals surface area contributed by atoms with Crippen LogP contribution in [-0.2, 0) is 17.7 Å². The maximum absolute atomic E-state index is 5.67. The number of furan rings is 1. The van der Waals surface area contributed by atoms with Crippen molar-refractivity contribution in [2.45, 2.75) is 39.8 Å². The summed E-state index contributed by atoms with van der Waals surface area (Å²) < 4.78 is 12.8. The van der Waals surface area contributed by atoms with Gasteiger partial charge in [-0.05, 0) is 26.0 Å². The third-order valence-electron chi connectivity index (χ3n) is 3.76. The molecule has 0 spiro atoms. The number of guanidine groups is 1. The molecule has 0 saturated heterocycles. The van der Waals surface area contributed by atoms with Crippen LogP contribution in [-0.4, -0.2) is 47.5 Å². The zero-order valence-corrected chi connectivity index (χ0v) is 18.2. The highest BCUT2D eigenvalue weighted by molar-refractivity contribution is 14.0. The molecule has 9 heteroatoms. The van der Waals surface area contributed by atoms with Crippen LogP contribution in [0.5, 0.6) is 0 Å². The van der Waals surface area contributed by atoms with E-state index in [0.717, 1.165) is 36.3 Å². The van der Waals surface area contributed by atoms with Gasteiger partial charge >= 0.3 is 0 Å². The number of hydrogen-bond acceptors (Lipinski definition) is 5. The minimum atomic E-state index is 0. The Balaban J connectivity index is 0.00000338. The van der Waals surface area contributed by atoms with Crippen LogP contribution >= 0.6 is 24.0 Å². The Labute approximate surface area is 171 Å². The van der Waals surface area contributed by atoms with Crippen LogP contribution in [0.2, 0.25) is 0 Å². The molecule has 146 valence electrons. The van der Waals surface area contributed by atoms with Gasteiger partial charge < -0.3 is 24.4 Å². The lowest BCUT2D eigenvalue weighted by atomic mass is 10.2. The van der Waals surface area contributed by atoms with Crippen molar-refractivity contribution in [1.29, 1.82) is 0 Å². The van der Waals surface area contributed by atoms with Gasteiger partial charge in [-0.25, -0.2) is 0 Å². The predicted octanol–water partition coefficient (Wildman–Crippen LogP) is 2.30. The lowest BCUT2D eigenvalue weighted by Gasteiger charge is -2.17. The quantitative estimate of drug-likeness (QED) is 0.250. The third-order valence-corrected chi connectivity index (χ3v) is 3.76. The summed E-state index contributed by atoms with van der Waals surface area (Å²) in [5.74, 6) is 3.48. The molecular formula is C17H29IN6O2. The fraction of sp³-hybridized carbons (Fsp3) is 0.588. The van der Waals surface area contributed by atoms with Gasteiger partial charge in [0, 0.05) is 26.6 Å². The normalized spacial score (nSPS) is 12.5. The summed E-state index contributed by atoms with van der Waals surface area (Å²) in [6.07, 6.45) is 2.62. The molecule has 2 N–H and O–H groups in total. The number of hydrogen-bond donors (Lipinski definition) is 2. The molecule has 0 fully saturated rings. The zero-order valence-electron chi connectivity index (χ0n) is 15.9. The van der Waals surface area contributed by atoms with E-state index < -0.39 is 0 Å². The van der Waals surface area contributed by atoms with Gasteiger partial charge in [0.05, 0.1) is 19.2 Å². The number of rotatable bonds is 9. The third kappa shape index (κ3) is 6.94. The summed E-state index contributed by atoms with van der Waals surface area (Å²) in [7, 11) is 1.67. The second kappa shape index (κ2) is 11.9. The van der Waals surface area contributed by atoms with Gasteiger partial charge in [-0.1, -0.05) is 6.92 Å². The number of aliphatic imine (C=N–C) groups is 1. The number of nitrogens with zero attached hydrogens (tertiary/aromatic N) is 4. The highest BCUT2D eigenvalue weighted by Crippen LogP contribution is 2.15. The van der Waals surface area contributed by atoms with Crippen LogP contribution in [0, 0.1) is 6.92 Å². The number of aryl methyl sites for hydroxylation is 2. The van der Waals surface area contributed by atoms with Gasteiger partial charge in [0.2, 0.25) is 0 Å². The highest BCUT2D eigenvalue weighted by atomic mass is 127. The van der Waals surface area contributed by atoms with Crippen molar-refractivity contribution in [1.82, 2.24) is 25.4 Å². The number of methoxy groups -OCH3 is 1. The van der Waals surface area contributed by atoms with Gasteiger partial charge in [0.1, 0.15) is 23.7 Å². The fourth-order valence-corrected chi connectivity index (χ4v) is 2.40. The Kier molecular flexibility index (Phi) is 10.3. The Morgan fingerprint density at radius 2 is 2.23 bits per heavy atom. The van der Waals surface area contributed by atoms with Crippen molar-refractivity contribution >= 4 is 29.9 Å². The molecule has 1 atom stereocenters. The zero-order chi connectivity index (χ0) is 18.1. The monoisotopic (exact) mass is 476 g/mol. The predicted molar refractivity (Wildman–Crippen MR) is 112 cm³/mol. The molecule has 0 aliphatic carbocycles. The fourth-order valence-electron chi connectivity index (χ4n) is 2.40. The van der Waals surface area contributed by atoms with Gasteiger partial charge in [-0.3, -0.25) is 4.99 Å². The van der Waals surface area contributed by atoms with Crippen molar-refractivity contribution < 1.29 is 9.15 Å². The van der Waals surface area contributed by atoms with Crippen LogP contribution in [0.1, 0.15) is 37.2 Å². The Hall–Kier alpha value is -1.62. The first kappa shape index (κ1) is 22.4. The molecule has 0 aliphatic rings. The van der Waals surface area contributed by atoms with Gasteiger partial charge in [-0.2, -0.15) is 0 Å². The van der Waals surface area contributed by atoms with E-state index in [1.54, 1.807) is 13.4 Å². The molecule has 0 aliphatic heterocycles. The van der Waals surface area contributed by atoms with Gasteiger partial charge in [0.25, 0.3) is 0 Å². The number of aromatic nitrogens is 3. The minimum absolute atomic E-state index is 0. The van der Waals surface area contributed by atoms with E-state index in [1.165, 1.54) is 0 Å². The van der Waals surface area contributed by atoms with E-state index in [-0.39, 0.29) is 30.0 Å². The summed E-state index contributed by atoms with van der Waals surface area (Å²) in [5.41, 5.74) is 0. The smallest absolute Gasteiger partial charge is 0.191 e. The molecule has 1 unspecified atom stereocenters. The molecule has 0 saturated carbocycles. The first-order valence-corrected chi connectivity index (χ1v) is 8.60. The van der Waals surface area contributed by atoms with Crippen molar-refractivity contribution in [3.63, 3.8) is 0 Å². The summed E-state index contributed by atoms with van der Waals surface area (Å²) in [6, 6.07) is 3.95. The standard InChI is InChI=1S/C17H28N6O2.HI/c1-5-16-22-20-12-23(16)10-8-18-17(19-9-11-24-4)21-14(3)15-7-6-13(2)25-15;/h6-7,12,14H,5,8-11H2,1-4H3,(H2,18,19,21);1H. The van der Waals surface area contributed by atoms with Crippen LogP contribution in [0.3, 0.4) is 0 Å². The van der Waals surface area contributed by atoms with Crippen molar-refractivity contribution in [3.8, 4) is 0 Å². The lowest BCUT2D eigenvalue weighted by Crippen LogP contribution is -2.40. The topological polar surface area (TPSA) is 89.5 Å². The molecular weight excluding hydrogens is 447 g/mol. The summed E-state index contributed by atoms with van der Waals surface area (Å²) >= 11 is 0. The second-order valence-corrected chi connectivity index (χ2v) is 5.76. The van der Waals surface area contributed by atoms with Crippen LogP contribution in [0.15, 0.2) is 27.9 Å². The van der Waals surface area contributed by atoms with Gasteiger partial charge in [0.15, 0.2) is 5.96 Å². The average Bonchev–Trinajstić information content (AvgIpc) is 3.23. The average molecular weight is 476 g/mol. The number of nitrogens with one attached hydrogen (secondary N) is 2.